The van der Waals surface area contributed by atoms with Crippen LogP contribution in [0.1, 0.15) is 47.7 Å². The van der Waals surface area contributed by atoms with E-state index in [0.29, 0.717) is 16.8 Å². The lowest BCUT2D eigenvalue weighted by Crippen LogP contribution is -1.96. The van der Waals surface area contributed by atoms with E-state index in [0.717, 1.165) is 30.8 Å². The van der Waals surface area contributed by atoms with Crippen LogP contribution >= 0.6 is 0 Å². The zero-order chi connectivity index (χ0) is 22.8. The summed E-state index contributed by atoms with van der Waals surface area (Å²) in [6.07, 6.45) is 8.21. The molecule has 0 radical (unpaired) electrons. The van der Waals surface area contributed by atoms with Crippen LogP contribution < -0.4 is 4.74 Å². The molecule has 32 heavy (non-hydrogen) atoms. The van der Waals surface area contributed by atoms with E-state index in [1.54, 1.807) is 42.5 Å². The van der Waals surface area contributed by atoms with Crippen LogP contribution in [0.25, 0.3) is 6.08 Å². The molecule has 0 aromatic heterocycles. The number of aliphatic imine (C=N–C) groups is 1. The molecule has 5 heteroatoms. The molecule has 0 bridgehead atoms. The van der Waals surface area contributed by atoms with Crippen LogP contribution in [0.15, 0.2) is 77.8 Å². The summed E-state index contributed by atoms with van der Waals surface area (Å²) >= 11 is 0. The highest BCUT2D eigenvalue weighted by atomic mass is 16.5. The van der Waals surface area contributed by atoms with Crippen molar-refractivity contribution in [2.75, 3.05) is 6.61 Å². The van der Waals surface area contributed by atoms with Crippen molar-refractivity contribution in [1.82, 2.24) is 0 Å². The summed E-state index contributed by atoms with van der Waals surface area (Å²) in [5.74, 6) is 0.668. The summed E-state index contributed by atoms with van der Waals surface area (Å²) in [6.45, 7) is 2.88. The number of nitrogens with zero attached hydrogens (tertiary/aromatic N) is 1. The molecule has 0 aliphatic carbocycles. The minimum atomic E-state index is -0.100. The maximum Gasteiger partial charge on any atom is 0.185 e. The van der Waals surface area contributed by atoms with Crippen molar-refractivity contribution >= 4 is 23.8 Å². The van der Waals surface area contributed by atoms with Crippen molar-refractivity contribution in [2.24, 2.45) is 4.99 Å². The molecule has 0 fully saturated rings. The van der Waals surface area contributed by atoms with Crippen LogP contribution in [0.4, 0.5) is 5.69 Å². The Morgan fingerprint density at radius 3 is 2.41 bits per heavy atom. The second-order valence-corrected chi connectivity index (χ2v) is 7.37. The Morgan fingerprint density at radius 1 is 0.969 bits per heavy atom. The molecule has 0 saturated heterocycles. The van der Waals surface area contributed by atoms with Crippen molar-refractivity contribution in [3.63, 3.8) is 0 Å². The fraction of sp³-hybridized carbons (Fsp3) is 0.185. The van der Waals surface area contributed by atoms with Crippen molar-refractivity contribution in [3.8, 4) is 17.2 Å². The van der Waals surface area contributed by atoms with Gasteiger partial charge in [-0.05, 0) is 66.6 Å². The van der Waals surface area contributed by atoms with Crippen LogP contribution in [-0.2, 0) is 0 Å². The average Bonchev–Trinajstić information content (AvgIpc) is 2.81. The lowest BCUT2D eigenvalue weighted by Gasteiger charge is -2.05. The van der Waals surface area contributed by atoms with Gasteiger partial charge in [0.25, 0.3) is 0 Å². The number of aromatic hydroxyl groups is 2. The molecule has 3 aromatic carbocycles. The van der Waals surface area contributed by atoms with Gasteiger partial charge in [-0.2, -0.15) is 0 Å². The minimum Gasteiger partial charge on any atom is -0.508 e. The monoisotopic (exact) mass is 429 g/mol. The highest BCUT2D eigenvalue weighted by Gasteiger charge is 2.03. The summed E-state index contributed by atoms with van der Waals surface area (Å²) in [5, 5.41) is 19.1. The number of carbonyl (C=O) groups is 1. The molecule has 3 rings (SSSR count). The predicted octanol–water partition coefficient (Wildman–Crippen LogP) is 6.31. The molecule has 5 nitrogen and oxygen atoms in total. The largest absolute Gasteiger partial charge is 0.508 e. The Hall–Kier alpha value is -3.86. The van der Waals surface area contributed by atoms with Gasteiger partial charge in [0.1, 0.15) is 17.2 Å². The van der Waals surface area contributed by atoms with Gasteiger partial charge in [0.2, 0.25) is 0 Å². The lowest BCUT2D eigenvalue weighted by atomic mass is 10.1. The molecule has 3 aromatic rings. The number of benzene rings is 3. The van der Waals surface area contributed by atoms with E-state index < -0.39 is 0 Å². The predicted molar refractivity (Wildman–Crippen MR) is 128 cm³/mol. The molecule has 0 amide bonds. The third-order valence-corrected chi connectivity index (χ3v) is 4.84. The smallest absolute Gasteiger partial charge is 0.185 e. The standard InChI is InChI=1S/C27H27NO4/c1-2-3-4-17-32-25-14-5-20(6-15-25)7-16-26(30)21-8-11-23(12-9-21)28-19-22-10-13-24(29)18-27(22)31/h5-16,18-19,29,31H,2-4,17H2,1H3. The van der Waals surface area contributed by atoms with Crippen LogP contribution in [0.3, 0.4) is 0 Å². The van der Waals surface area contributed by atoms with Gasteiger partial charge in [-0.25, -0.2) is 0 Å². The molecule has 0 spiro atoms. The highest BCUT2D eigenvalue weighted by molar-refractivity contribution is 6.07. The van der Waals surface area contributed by atoms with E-state index in [1.807, 2.05) is 24.3 Å². The molecule has 0 heterocycles. The van der Waals surface area contributed by atoms with Gasteiger partial charge in [-0.1, -0.05) is 38.0 Å². The number of unbranched alkanes of at least 4 members (excludes halogenated alkanes) is 2. The first-order chi connectivity index (χ1) is 15.5. The topological polar surface area (TPSA) is 79.1 Å². The van der Waals surface area contributed by atoms with Gasteiger partial charge >= 0.3 is 0 Å². The highest BCUT2D eigenvalue weighted by Crippen LogP contribution is 2.22. The molecular formula is C27H27NO4. The second-order valence-electron chi connectivity index (χ2n) is 7.37. The van der Waals surface area contributed by atoms with Gasteiger partial charge in [0.15, 0.2) is 5.78 Å². The van der Waals surface area contributed by atoms with E-state index in [1.165, 1.54) is 24.8 Å². The van der Waals surface area contributed by atoms with E-state index in [4.69, 9.17) is 4.74 Å². The summed E-state index contributed by atoms with van der Waals surface area (Å²) in [6, 6.07) is 18.9. The number of carbonyl (C=O) groups excluding carboxylic acids is 1. The van der Waals surface area contributed by atoms with Gasteiger partial charge in [-0.15, -0.1) is 0 Å². The Labute approximate surface area is 188 Å². The van der Waals surface area contributed by atoms with E-state index >= 15 is 0 Å². The third-order valence-electron chi connectivity index (χ3n) is 4.84. The molecule has 164 valence electrons. The Morgan fingerprint density at radius 2 is 1.72 bits per heavy atom. The number of hydrogen-bond acceptors (Lipinski definition) is 5. The zero-order valence-electron chi connectivity index (χ0n) is 18.1. The average molecular weight is 430 g/mol. The van der Waals surface area contributed by atoms with Crippen molar-refractivity contribution in [2.45, 2.75) is 26.2 Å². The van der Waals surface area contributed by atoms with Crippen molar-refractivity contribution in [3.05, 3.63) is 89.5 Å². The minimum absolute atomic E-state index is 0.0118. The molecule has 0 atom stereocenters. The number of allylic oxidation sites excluding steroid dienone is 1. The van der Waals surface area contributed by atoms with E-state index in [2.05, 4.69) is 11.9 Å². The third kappa shape index (κ3) is 6.84. The first kappa shape index (κ1) is 22.8. The second kappa shape index (κ2) is 11.5. The maximum absolute atomic E-state index is 12.4. The summed E-state index contributed by atoms with van der Waals surface area (Å²) in [4.78, 5) is 16.7. The molecule has 0 aliphatic rings. The summed E-state index contributed by atoms with van der Waals surface area (Å²) in [7, 11) is 0. The Kier molecular flexibility index (Phi) is 8.21. The van der Waals surface area contributed by atoms with E-state index in [9.17, 15) is 15.0 Å². The van der Waals surface area contributed by atoms with Crippen LogP contribution in [0.2, 0.25) is 0 Å². The maximum atomic E-state index is 12.4. The molecule has 2 N–H and O–H groups in total. The molecule has 0 unspecified atom stereocenters. The van der Waals surface area contributed by atoms with Crippen molar-refractivity contribution in [1.29, 1.82) is 0 Å². The van der Waals surface area contributed by atoms with Gasteiger partial charge in [0, 0.05) is 23.4 Å². The summed E-state index contributed by atoms with van der Waals surface area (Å²) in [5.41, 5.74) is 2.62. The lowest BCUT2D eigenvalue weighted by molar-refractivity contribution is 0.104. The Bertz CT molecular complexity index is 1080. The van der Waals surface area contributed by atoms with Crippen molar-refractivity contribution < 1.29 is 19.7 Å². The van der Waals surface area contributed by atoms with Gasteiger partial charge in [0.05, 0.1) is 12.3 Å². The molecular weight excluding hydrogens is 402 g/mol. The van der Waals surface area contributed by atoms with Crippen LogP contribution in [0.5, 0.6) is 17.2 Å². The van der Waals surface area contributed by atoms with Crippen LogP contribution in [0, 0.1) is 0 Å². The number of rotatable bonds is 10. The van der Waals surface area contributed by atoms with Gasteiger partial charge < -0.3 is 14.9 Å². The number of hydrogen-bond donors (Lipinski definition) is 2. The number of phenols is 2. The number of ether oxygens (including phenoxy) is 1. The summed E-state index contributed by atoms with van der Waals surface area (Å²) < 4.78 is 5.70. The SMILES string of the molecule is CCCCCOc1ccc(C=CC(=O)c2ccc(N=Cc3ccc(O)cc3O)cc2)cc1. The fourth-order valence-corrected chi connectivity index (χ4v) is 2.98. The molecule has 0 aliphatic heterocycles. The first-order valence-electron chi connectivity index (χ1n) is 10.7. The quantitative estimate of drug-likeness (QED) is 0.171. The number of phenolic OH excluding ortho intramolecular Hbond substituents is 2. The molecule has 0 saturated carbocycles. The van der Waals surface area contributed by atoms with E-state index in [-0.39, 0.29) is 17.3 Å². The zero-order valence-corrected chi connectivity index (χ0v) is 18.1. The first-order valence-corrected chi connectivity index (χ1v) is 10.7. The van der Waals surface area contributed by atoms with Gasteiger partial charge in [-0.3, -0.25) is 9.79 Å². The normalized spacial score (nSPS) is 11.3. The Balaban J connectivity index is 1.56. The van der Waals surface area contributed by atoms with Crippen LogP contribution in [-0.4, -0.2) is 28.8 Å². The number of ketones is 1. The fourth-order valence-electron chi connectivity index (χ4n) is 2.98.